The van der Waals surface area contributed by atoms with E-state index in [1.54, 1.807) is 11.4 Å². The fourth-order valence-electron chi connectivity index (χ4n) is 1.52. The van der Waals surface area contributed by atoms with Crippen molar-refractivity contribution in [1.82, 2.24) is 0 Å². The van der Waals surface area contributed by atoms with E-state index in [1.807, 2.05) is 0 Å². The van der Waals surface area contributed by atoms with Crippen molar-refractivity contribution in [3.8, 4) is 0 Å². The van der Waals surface area contributed by atoms with Crippen molar-refractivity contribution in [3.63, 3.8) is 0 Å². The van der Waals surface area contributed by atoms with Crippen LogP contribution in [-0.4, -0.2) is 34.4 Å². The standard InChI is InChI=1S/C8H11AsN2O5.C4H3NO2S/c1-5(12)11-7-4-2-3-6(8(7)10)9(13,14)16-15;6-5(7)4-2-1-3-8-4/h2-4,15H,10H2,1H3,(H,11,12)(H,13,14);1-3H. The fourth-order valence-corrected chi connectivity index (χ4v) is 3.71. The molecule has 0 aliphatic rings. The number of nitrogen functional groups attached to an aromatic ring is 1. The molecule has 1 amide bonds. The molecule has 1 unspecified atom stereocenters. The van der Waals surface area contributed by atoms with E-state index in [0.29, 0.717) is 0 Å². The van der Waals surface area contributed by atoms with E-state index >= 15 is 0 Å². The maximum absolute atomic E-state index is 11.4. The van der Waals surface area contributed by atoms with Gasteiger partial charge in [-0.05, 0) is 11.4 Å². The van der Waals surface area contributed by atoms with E-state index in [1.165, 1.54) is 31.2 Å². The number of benzene rings is 1. The minimum atomic E-state index is -5.00. The Morgan fingerprint density at radius 1 is 1.42 bits per heavy atom. The number of anilines is 2. The number of amides is 1. The van der Waals surface area contributed by atoms with Gasteiger partial charge in [-0.25, -0.2) is 0 Å². The third-order valence-corrected chi connectivity index (χ3v) is 5.87. The van der Waals surface area contributed by atoms with Crippen LogP contribution in [0, 0.1) is 10.1 Å². The van der Waals surface area contributed by atoms with Crippen molar-refractivity contribution in [2.24, 2.45) is 0 Å². The Balaban J connectivity index is 0.000000300. The average molecular weight is 419 g/mol. The van der Waals surface area contributed by atoms with Crippen LogP contribution in [0.25, 0.3) is 0 Å². The van der Waals surface area contributed by atoms with Crippen LogP contribution in [0.4, 0.5) is 16.4 Å². The Bertz CT molecular complexity index is 766. The predicted molar refractivity (Wildman–Crippen MR) is 88.1 cm³/mol. The van der Waals surface area contributed by atoms with E-state index in [2.05, 4.69) is 9.19 Å². The van der Waals surface area contributed by atoms with E-state index in [9.17, 15) is 22.7 Å². The number of nitrogens with two attached hydrogens (primary N) is 1. The van der Waals surface area contributed by atoms with Gasteiger partial charge in [-0.15, -0.1) is 0 Å². The van der Waals surface area contributed by atoms with Crippen LogP contribution in [0.15, 0.2) is 35.7 Å². The van der Waals surface area contributed by atoms with Gasteiger partial charge in [-0.2, -0.15) is 0 Å². The molecule has 12 heteroatoms. The van der Waals surface area contributed by atoms with Crippen molar-refractivity contribution >= 4 is 52.1 Å². The van der Waals surface area contributed by atoms with Crippen LogP contribution in [0.3, 0.4) is 0 Å². The molecule has 0 radical (unpaired) electrons. The Hall–Kier alpha value is -2.17. The van der Waals surface area contributed by atoms with Gasteiger partial charge in [-0.3, -0.25) is 10.1 Å². The number of rotatable bonds is 4. The Labute approximate surface area is 142 Å². The van der Waals surface area contributed by atoms with Gasteiger partial charge in [0.25, 0.3) is 0 Å². The zero-order valence-corrected chi connectivity index (χ0v) is 15.0. The van der Waals surface area contributed by atoms with Crippen molar-refractivity contribution in [2.75, 3.05) is 11.1 Å². The summed E-state index contributed by atoms with van der Waals surface area (Å²) in [7, 11) is 0. The van der Waals surface area contributed by atoms with Crippen molar-refractivity contribution < 1.29 is 26.7 Å². The second-order valence-corrected chi connectivity index (χ2v) is 8.69. The molecule has 0 saturated carbocycles. The zero-order valence-electron chi connectivity index (χ0n) is 12.3. The molecule has 1 aromatic heterocycles. The van der Waals surface area contributed by atoms with E-state index < -0.39 is 19.1 Å². The fraction of sp³-hybridized carbons (Fsp3) is 0.0833. The first kappa shape index (κ1) is 19.9. The SMILES string of the molecule is CC(=O)Nc1cccc([As](=O)(O)OO)c1N.O=[N+]([O-])c1cccs1. The monoisotopic (exact) mass is 419 g/mol. The Morgan fingerprint density at radius 3 is 2.50 bits per heavy atom. The second-order valence-electron chi connectivity index (χ2n) is 4.23. The van der Waals surface area contributed by atoms with Crippen LogP contribution < -0.4 is 15.4 Å². The molecule has 0 saturated heterocycles. The first-order valence-corrected chi connectivity index (χ1v) is 10.4. The minimum absolute atomic E-state index is 0.100. The van der Waals surface area contributed by atoms with Gasteiger partial charge in [0.05, 0.1) is 4.92 Å². The third-order valence-electron chi connectivity index (χ3n) is 2.50. The molecule has 0 aliphatic heterocycles. The summed E-state index contributed by atoms with van der Waals surface area (Å²) in [5.41, 5.74) is 5.66. The van der Waals surface area contributed by atoms with Crippen LogP contribution in [0.2, 0.25) is 0 Å². The molecule has 2 aromatic rings. The maximum atomic E-state index is 11.4. The van der Waals surface area contributed by atoms with Crippen LogP contribution in [-0.2, 0) is 12.4 Å². The molecule has 0 fully saturated rings. The number of nitrogens with zero attached hydrogens (tertiary/aromatic N) is 1. The van der Waals surface area contributed by atoms with Crippen molar-refractivity contribution in [1.29, 1.82) is 0 Å². The van der Waals surface area contributed by atoms with Crippen molar-refractivity contribution in [3.05, 3.63) is 45.8 Å². The van der Waals surface area contributed by atoms with Gasteiger partial charge < -0.3 is 0 Å². The van der Waals surface area contributed by atoms with E-state index in [4.69, 9.17) is 11.0 Å². The molecular formula is C12H14AsN3O7S. The molecule has 2 rings (SSSR count). The number of para-hydroxylation sites is 1. The molecule has 0 aliphatic carbocycles. The van der Waals surface area contributed by atoms with Crippen LogP contribution in [0.1, 0.15) is 6.92 Å². The normalized spacial score (nSPS) is 12.5. The number of nitrogens with one attached hydrogen (secondary N) is 1. The average Bonchev–Trinajstić information content (AvgIpc) is 3.04. The Kier molecular flexibility index (Phi) is 7.14. The summed E-state index contributed by atoms with van der Waals surface area (Å²) in [6.45, 7) is 1.28. The molecule has 1 heterocycles. The number of hydrogen-bond acceptors (Lipinski definition) is 8. The topological polar surface area (TPSA) is 165 Å². The Morgan fingerprint density at radius 2 is 2.08 bits per heavy atom. The van der Waals surface area contributed by atoms with Gasteiger partial charge in [-0.1, -0.05) is 11.3 Å². The first-order chi connectivity index (χ1) is 11.2. The van der Waals surface area contributed by atoms with Gasteiger partial charge in [0.15, 0.2) is 0 Å². The summed E-state index contributed by atoms with van der Waals surface area (Å²) in [6, 6.07) is 7.26. The molecule has 130 valence electrons. The molecular weight excluding hydrogens is 405 g/mol. The summed E-state index contributed by atoms with van der Waals surface area (Å²) >= 11 is -3.87. The van der Waals surface area contributed by atoms with Crippen molar-refractivity contribution in [2.45, 2.75) is 6.92 Å². The molecule has 10 nitrogen and oxygen atoms in total. The number of carbonyl (C=O) groups excluding carboxylic acids is 1. The largest absolute Gasteiger partial charge is 0.324 e. The third kappa shape index (κ3) is 5.48. The van der Waals surface area contributed by atoms with Gasteiger partial charge in [0, 0.05) is 6.07 Å². The summed E-state index contributed by atoms with van der Waals surface area (Å²) in [5, 5.41) is 22.5. The summed E-state index contributed by atoms with van der Waals surface area (Å²) < 4.78 is 24.0. The summed E-state index contributed by atoms with van der Waals surface area (Å²) in [4.78, 5) is 20.3. The number of carbonyl (C=O) groups is 1. The smallest absolute Gasteiger partial charge is 0.258 e. The van der Waals surface area contributed by atoms with Crippen LogP contribution in [0.5, 0.6) is 0 Å². The molecule has 5 N–H and O–H groups in total. The number of thiophene rings is 1. The molecule has 24 heavy (non-hydrogen) atoms. The molecule has 0 spiro atoms. The zero-order chi connectivity index (χ0) is 18.3. The van der Waals surface area contributed by atoms with Gasteiger partial charge >= 0.3 is 98.7 Å². The predicted octanol–water partition coefficient (Wildman–Crippen LogP) is 0.942. The molecule has 1 atom stereocenters. The maximum Gasteiger partial charge on any atom is 0.324 e. The first-order valence-electron chi connectivity index (χ1n) is 6.19. The molecule has 0 bridgehead atoms. The minimum Gasteiger partial charge on any atom is -0.258 e. The van der Waals surface area contributed by atoms with Crippen LogP contribution >= 0.6 is 11.3 Å². The summed E-state index contributed by atoms with van der Waals surface area (Å²) in [5.74, 6) is -0.367. The van der Waals surface area contributed by atoms with Gasteiger partial charge in [0.1, 0.15) is 0 Å². The van der Waals surface area contributed by atoms with Gasteiger partial charge in [0.2, 0.25) is 0 Å². The van der Waals surface area contributed by atoms with E-state index in [0.717, 1.165) is 11.3 Å². The van der Waals surface area contributed by atoms with E-state index in [-0.39, 0.29) is 26.6 Å². The number of hydrogen-bond donors (Lipinski definition) is 4. The second kappa shape index (κ2) is 8.62. The number of nitro groups is 1. The quantitative estimate of drug-likeness (QED) is 0.187. The summed E-state index contributed by atoms with van der Waals surface area (Å²) in [6.07, 6.45) is 0. The molecule has 1 aromatic carbocycles.